The molecule has 0 aliphatic carbocycles. The number of carbonyl (C=O) groups is 1. The Labute approximate surface area is 87.2 Å². The van der Waals surface area contributed by atoms with Gasteiger partial charge in [0.2, 0.25) is 11.5 Å². The number of carbonyl (C=O) groups excluding carboxylic acids is 1. The number of hydrogen-bond acceptors (Lipinski definition) is 4. The number of Topliss-reactive ketones (excluding diaryl/α,β-unsaturated/α-hetero) is 1. The lowest BCUT2D eigenvalue weighted by Crippen LogP contribution is -2.52. The van der Waals surface area contributed by atoms with Crippen molar-refractivity contribution in [1.82, 2.24) is 0 Å². The molecule has 0 aromatic heterocycles. The molecule has 15 heavy (non-hydrogen) atoms. The number of para-hydroxylation sites is 1. The van der Waals surface area contributed by atoms with E-state index >= 15 is 0 Å². The summed E-state index contributed by atoms with van der Waals surface area (Å²) in [6, 6.07) is 7.42. The standard InChI is InChI=1S/C11H11NO3/c13-10-8-3-1-2-4-9(8)12-11(10)7-14-5-6-15-11/h1-4,12H,5-7H2. The van der Waals surface area contributed by atoms with Crippen LogP contribution in [0.1, 0.15) is 10.4 Å². The second kappa shape index (κ2) is 3.05. The number of rotatable bonds is 0. The molecule has 1 fully saturated rings. The number of hydrogen-bond donors (Lipinski definition) is 1. The molecular weight excluding hydrogens is 194 g/mol. The summed E-state index contributed by atoms with van der Waals surface area (Å²) in [5.74, 6) is -0.0298. The molecule has 4 heteroatoms. The third-order valence-electron chi connectivity index (χ3n) is 2.76. The van der Waals surface area contributed by atoms with Gasteiger partial charge in [-0.3, -0.25) is 4.79 Å². The van der Waals surface area contributed by atoms with E-state index in [1.54, 1.807) is 6.07 Å². The van der Waals surface area contributed by atoms with Crippen molar-refractivity contribution < 1.29 is 14.3 Å². The summed E-state index contributed by atoms with van der Waals surface area (Å²) in [5, 5.41) is 3.10. The highest BCUT2D eigenvalue weighted by Gasteiger charge is 2.48. The third kappa shape index (κ3) is 1.19. The Hall–Kier alpha value is -1.39. The van der Waals surface area contributed by atoms with Crippen molar-refractivity contribution in [2.45, 2.75) is 5.72 Å². The molecule has 78 valence electrons. The van der Waals surface area contributed by atoms with Crippen LogP contribution in [0.4, 0.5) is 5.69 Å². The van der Waals surface area contributed by atoms with E-state index in [1.165, 1.54) is 0 Å². The zero-order chi connectivity index (χ0) is 10.3. The molecule has 1 aromatic carbocycles. The molecule has 0 bridgehead atoms. The zero-order valence-electron chi connectivity index (χ0n) is 8.16. The molecule has 2 aliphatic heterocycles. The van der Waals surface area contributed by atoms with Crippen LogP contribution in [-0.2, 0) is 9.47 Å². The van der Waals surface area contributed by atoms with Crippen molar-refractivity contribution in [2.24, 2.45) is 0 Å². The van der Waals surface area contributed by atoms with Gasteiger partial charge < -0.3 is 14.8 Å². The molecular formula is C11H11NO3. The molecule has 4 nitrogen and oxygen atoms in total. The number of nitrogens with one attached hydrogen (secondary N) is 1. The monoisotopic (exact) mass is 205 g/mol. The van der Waals surface area contributed by atoms with Gasteiger partial charge >= 0.3 is 0 Å². The number of ketones is 1. The Kier molecular flexibility index (Phi) is 1.81. The fourth-order valence-corrected chi connectivity index (χ4v) is 2.02. The summed E-state index contributed by atoms with van der Waals surface area (Å²) in [4.78, 5) is 12.1. The van der Waals surface area contributed by atoms with Gasteiger partial charge in [0, 0.05) is 11.3 Å². The highest BCUT2D eigenvalue weighted by atomic mass is 16.6. The normalized spacial score (nSPS) is 28.9. The highest BCUT2D eigenvalue weighted by molar-refractivity contribution is 6.12. The first-order chi connectivity index (χ1) is 7.32. The molecule has 1 spiro atoms. The van der Waals surface area contributed by atoms with Gasteiger partial charge in [0.25, 0.3) is 0 Å². The van der Waals surface area contributed by atoms with Gasteiger partial charge in [-0.05, 0) is 12.1 Å². The number of anilines is 1. The molecule has 0 amide bonds. The minimum atomic E-state index is -0.970. The highest BCUT2D eigenvalue weighted by Crippen LogP contribution is 2.34. The fourth-order valence-electron chi connectivity index (χ4n) is 2.02. The topological polar surface area (TPSA) is 47.6 Å². The molecule has 1 unspecified atom stereocenters. The summed E-state index contributed by atoms with van der Waals surface area (Å²) in [7, 11) is 0. The van der Waals surface area contributed by atoms with Crippen molar-refractivity contribution in [2.75, 3.05) is 25.1 Å². The second-order valence-electron chi connectivity index (χ2n) is 3.73. The first-order valence-corrected chi connectivity index (χ1v) is 4.96. The van der Waals surface area contributed by atoms with E-state index in [1.807, 2.05) is 18.2 Å². The van der Waals surface area contributed by atoms with E-state index in [-0.39, 0.29) is 12.4 Å². The van der Waals surface area contributed by atoms with E-state index in [0.29, 0.717) is 18.8 Å². The Morgan fingerprint density at radius 2 is 2.13 bits per heavy atom. The first-order valence-electron chi connectivity index (χ1n) is 4.96. The predicted molar refractivity (Wildman–Crippen MR) is 53.9 cm³/mol. The molecule has 1 aromatic rings. The van der Waals surface area contributed by atoms with Crippen LogP contribution in [0.5, 0.6) is 0 Å². The number of benzene rings is 1. The van der Waals surface area contributed by atoms with Gasteiger partial charge in [-0.15, -0.1) is 0 Å². The molecule has 1 atom stereocenters. The SMILES string of the molecule is O=C1c2ccccc2NC12COCCO2. The number of fused-ring (bicyclic) bond motifs is 1. The summed E-state index contributed by atoms with van der Waals surface area (Å²) in [6.45, 7) is 1.28. The van der Waals surface area contributed by atoms with E-state index in [4.69, 9.17) is 9.47 Å². The lowest BCUT2D eigenvalue weighted by molar-refractivity contribution is -0.117. The largest absolute Gasteiger partial charge is 0.374 e. The van der Waals surface area contributed by atoms with Gasteiger partial charge in [-0.1, -0.05) is 12.1 Å². The molecule has 3 rings (SSSR count). The molecule has 2 aliphatic rings. The lowest BCUT2D eigenvalue weighted by Gasteiger charge is -2.32. The van der Waals surface area contributed by atoms with Crippen molar-refractivity contribution in [3.8, 4) is 0 Å². The van der Waals surface area contributed by atoms with Crippen LogP contribution in [0.25, 0.3) is 0 Å². The van der Waals surface area contributed by atoms with Crippen molar-refractivity contribution in [3.63, 3.8) is 0 Å². The zero-order valence-corrected chi connectivity index (χ0v) is 8.16. The quantitative estimate of drug-likeness (QED) is 0.687. The lowest BCUT2D eigenvalue weighted by atomic mass is 10.1. The van der Waals surface area contributed by atoms with Crippen LogP contribution >= 0.6 is 0 Å². The van der Waals surface area contributed by atoms with Crippen molar-refractivity contribution in [3.05, 3.63) is 29.8 Å². The maximum atomic E-state index is 12.1. The van der Waals surface area contributed by atoms with E-state index in [9.17, 15) is 4.79 Å². The van der Waals surface area contributed by atoms with Crippen LogP contribution in [0.2, 0.25) is 0 Å². The molecule has 2 heterocycles. The first kappa shape index (κ1) is 8.88. The minimum absolute atomic E-state index is 0.0298. The Balaban J connectivity index is 2.01. The fraction of sp³-hybridized carbons (Fsp3) is 0.364. The molecule has 1 saturated heterocycles. The van der Waals surface area contributed by atoms with Crippen LogP contribution < -0.4 is 5.32 Å². The average Bonchev–Trinajstić information content (AvgIpc) is 2.54. The minimum Gasteiger partial charge on any atom is -0.374 e. The van der Waals surface area contributed by atoms with E-state index in [0.717, 1.165) is 5.69 Å². The molecule has 0 saturated carbocycles. The number of ether oxygens (including phenoxy) is 2. The summed E-state index contributed by atoms with van der Waals surface area (Å²) >= 11 is 0. The van der Waals surface area contributed by atoms with Gasteiger partial charge in [0.05, 0.1) is 13.2 Å². The van der Waals surface area contributed by atoms with Gasteiger partial charge in [-0.2, -0.15) is 0 Å². The van der Waals surface area contributed by atoms with E-state index < -0.39 is 5.72 Å². The van der Waals surface area contributed by atoms with Crippen LogP contribution in [0.3, 0.4) is 0 Å². The maximum absolute atomic E-state index is 12.1. The van der Waals surface area contributed by atoms with Crippen LogP contribution in [-0.4, -0.2) is 31.3 Å². The predicted octanol–water partition coefficient (Wildman–Crippen LogP) is 1.04. The average molecular weight is 205 g/mol. The maximum Gasteiger partial charge on any atom is 0.227 e. The Morgan fingerprint density at radius 1 is 1.27 bits per heavy atom. The Morgan fingerprint density at radius 3 is 2.87 bits per heavy atom. The van der Waals surface area contributed by atoms with Gasteiger partial charge in [0.15, 0.2) is 0 Å². The van der Waals surface area contributed by atoms with Crippen LogP contribution in [0, 0.1) is 0 Å². The summed E-state index contributed by atoms with van der Waals surface area (Å²) < 4.78 is 10.8. The third-order valence-corrected chi connectivity index (χ3v) is 2.76. The Bertz CT molecular complexity index is 410. The summed E-state index contributed by atoms with van der Waals surface area (Å²) in [5.41, 5.74) is 0.540. The van der Waals surface area contributed by atoms with Gasteiger partial charge in [-0.25, -0.2) is 0 Å². The van der Waals surface area contributed by atoms with Gasteiger partial charge in [0.1, 0.15) is 6.61 Å². The van der Waals surface area contributed by atoms with E-state index in [2.05, 4.69) is 5.32 Å². The smallest absolute Gasteiger partial charge is 0.227 e. The van der Waals surface area contributed by atoms with Crippen molar-refractivity contribution in [1.29, 1.82) is 0 Å². The van der Waals surface area contributed by atoms with Crippen molar-refractivity contribution >= 4 is 11.5 Å². The van der Waals surface area contributed by atoms with Crippen LogP contribution in [0.15, 0.2) is 24.3 Å². The second-order valence-corrected chi connectivity index (χ2v) is 3.73. The summed E-state index contributed by atoms with van der Waals surface area (Å²) in [6.07, 6.45) is 0. The molecule has 0 radical (unpaired) electrons. The molecule has 1 N–H and O–H groups in total.